The van der Waals surface area contributed by atoms with Crippen LogP contribution < -0.4 is 9.62 Å². The molecule has 2 aromatic heterocycles. The van der Waals surface area contributed by atoms with E-state index in [0.717, 1.165) is 29.8 Å². The van der Waals surface area contributed by atoms with Gasteiger partial charge in [-0.05, 0) is 48.0 Å². The van der Waals surface area contributed by atoms with Gasteiger partial charge in [-0.3, -0.25) is 14.5 Å². The van der Waals surface area contributed by atoms with Gasteiger partial charge < -0.3 is 14.9 Å². The number of aliphatic hydroxyl groups excluding tert-OH is 1. The van der Waals surface area contributed by atoms with E-state index >= 15 is 0 Å². The van der Waals surface area contributed by atoms with Gasteiger partial charge in [-0.15, -0.1) is 0 Å². The van der Waals surface area contributed by atoms with Crippen molar-refractivity contribution in [3.8, 4) is 11.1 Å². The van der Waals surface area contributed by atoms with E-state index in [1.165, 1.54) is 6.20 Å². The predicted molar refractivity (Wildman–Crippen MR) is 145 cm³/mol. The number of carbonyl (C=O) groups is 1. The van der Waals surface area contributed by atoms with E-state index in [2.05, 4.69) is 14.7 Å². The molecule has 4 aromatic rings. The number of nitrogens with one attached hydrogen (secondary N) is 1. The van der Waals surface area contributed by atoms with Crippen molar-refractivity contribution in [2.75, 3.05) is 42.4 Å². The number of nitrogens with zero attached hydrogens (tertiary/aromatic N) is 5. The quantitative estimate of drug-likeness (QED) is 0.324. The van der Waals surface area contributed by atoms with Gasteiger partial charge in [-0.1, -0.05) is 17.7 Å². The molecule has 1 amide bonds. The van der Waals surface area contributed by atoms with Gasteiger partial charge in [0.25, 0.3) is 10.0 Å². The van der Waals surface area contributed by atoms with E-state index in [9.17, 15) is 17.6 Å². The van der Waals surface area contributed by atoms with Crippen LogP contribution in [-0.2, 0) is 14.8 Å². The summed E-state index contributed by atoms with van der Waals surface area (Å²) < 4.78 is 41.2. The first-order valence-electron chi connectivity index (χ1n) is 12.1. The third kappa shape index (κ3) is 5.92. The third-order valence-electron chi connectivity index (χ3n) is 6.35. The van der Waals surface area contributed by atoms with Crippen molar-refractivity contribution in [2.24, 2.45) is 0 Å². The van der Waals surface area contributed by atoms with Gasteiger partial charge in [-0.2, -0.15) is 0 Å². The molecular formula is C26H24ClFN6O4S. The molecule has 0 bridgehead atoms. The van der Waals surface area contributed by atoms with Crippen molar-refractivity contribution >= 4 is 50.1 Å². The third-order valence-corrected chi connectivity index (χ3v) is 8.03. The van der Waals surface area contributed by atoms with Crippen molar-refractivity contribution in [3.05, 3.63) is 71.9 Å². The number of amides is 1. The Bertz CT molecular complexity index is 1630. The number of hydrogen-bond acceptors (Lipinski definition) is 8. The molecule has 3 heterocycles. The first-order valence-corrected chi connectivity index (χ1v) is 13.9. The molecule has 0 spiro atoms. The molecule has 202 valence electrons. The second kappa shape index (κ2) is 11.1. The van der Waals surface area contributed by atoms with Gasteiger partial charge in [-0.25, -0.2) is 22.8 Å². The van der Waals surface area contributed by atoms with Crippen molar-refractivity contribution in [1.29, 1.82) is 0 Å². The molecule has 0 atom stereocenters. The van der Waals surface area contributed by atoms with Crippen LogP contribution in [0.5, 0.6) is 0 Å². The number of sulfonamides is 1. The summed E-state index contributed by atoms with van der Waals surface area (Å²) in [6, 6.07) is 11.5. The number of halogens is 2. The van der Waals surface area contributed by atoms with Gasteiger partial charge in [0, 0.05) is 44.4 Å². The van der Waals surface area contributed by atoms with Crippen LogP contribution in [0.15, 0.2) is 65.8 Å². The molecule has 5 rings (SSSR count). The van der Waals surface area contributed by atoms with Gasteiger partial charge >= 0.3 is 0 Å². The molecule has 39 heavy (non-hydrogen) atoms. The normalized spacial score (nSPS) is 14.0. The Morgan fingerprint density at radius 2 is 1.72 bits per heavy atom. The Morgan fingerprint density at radius 3 is 2.44 bits per heavy atom. The number of aliphatic hydroxyl groups is 1. The summed E-state index contributed by atoms with van der Waals surface area (Å²) >= 11 is 6.19. The molecule has 2 N–H and O–H groups in total. The van der Waals surface area contributed by atoms with Crippen LogP contribution >= 0.6 is 11.6 Å². The summed E-state index contributed by atoms with van der Waals surface area (Å²) in [5, 5.41) is 8.97. The number of aromatic nitrogens is 3. The van der Waals surface area contributed by atoms with Crippen LogP contribution in [0, 0.1) is 5.82 Å². The van der Waals surface area contributed by atoms with Crippen LogP contribution in [0.2, 0.25) is 5.15 Å². The zero-order chi connectivity index (χ0) is 27.6. The average molecular weight is 571 g/mol. The van der Waals surface area contributed by atoms with Gasteiger partial charge in [0.2, 0.25) is 5.91 Å². The summed E-state index contributed by atoms with van der Waals surface area (Å²) in [4.78, 5) is 29.1. The van der Waals surface area contributed by atoms with Crippen LogP contribution in [0.25, 0.3) is 22.2 Å². The Labute approximate surface area is 229 Å². The topological polar surface area (TPSA) is 129 Å². The highest BCUT2D eigenvalue weighted by Gasteiger charge is 2.22. The Balaban J connectivity index is 1.38. The lowest BCUT2D eigenvalue weighted by molar-refractivity contribution is -0.132. The SMILES string of the molecule is O=C(CCO)N1CCN(c2cnc3ccc(-c4cnc(Cl)c(NS(=O)(=O)c5ccc(F)cc5)c4)cc3n2)CC1. The number of hydrogen-bond donors (Lipinski definition) is 2. The van der Waals surface area contributed by atoms with Crippen molar-refractivity contribution in [1.82, 2.24) is 19.9 Å². The molecule has 1 aliphatic heterocycles. The molecule has 1 fully saturated rings. The summed E-state index contributed by atoms with van der Waals surface area (Å²) in [5.41, 5.74) is 2.71. The maximum atomic E-state index is 13.2. The maximum Gasteiger partial charge on any atom is 0.261 e. The molecule has 2 aromatic carbocycles. The smallest absolute Gasteiger partial charge is 0.261 e. The standard InChI is InChI=1S/C26H24ClFN6O4S/c27-26-23(32-39(37,38)20-4-2-19(28)3-5-20)14-18(15-30-26)17-1-6-21-22(13-17)31-24(16-29-21)33-8-10-34(11-9-33)25(36)7-12-35/h1-6,13-16,32,35H,7-12H2. The van der Waals surface area contributed by atoms with E-state index in [4.69, 9.17) is 21.7 Å². The number of fused-ring (bicyclic) bond motifs is 1. The largest absolute Gasteiger partial charge is 0.396 e. The minimum Gasteiger partial charge on any atom is -0.396 e. The fourth-order valence-corrected chi connectivity index (χ4v) is 5.53. The minimum absolute atomic E-state index is 0.0380. The van der Waals surface area contributed by atoms with Crippen molar-refractivity contribution in [2.45, 2.75) is 11.3 Å². The molecule has 0 unspecified atom stereocenters. The highest BCUT2D eigenvalue weighted by atomic mass is 35.5. The summed E-state index contributed by atoms with van der Waals surface area (Å²) in [7, 11) is -4.02. The first-order chi connectivity index (χ1) is 18.7. The zero-order valence-corrected chi connectivity index (χ0v) is 22.2. The number of carbonyl (C=O) groups excluding carboxylic acids is 1. The highest BCUT2D eigenvalue weighted by molar-refractivity contribution is 7.92. The van der Waals surface area contributed by atoms with E-state index in [1.807, 2.05) is 23.1 Å². The number of piperazine rings is 1. The van der Waals surface area contributed by atoms with E-state index < -0.39 is 15.8 Å². The van der Waals surface area contributed by atoms with E-state index in [-0.39, 0.29) is 34.7 Å². The Kier molecular flexibility index (Phi) is 7.60. The van der Waals surface area contributed by atoms with Crippen LogP contribution in [0.3, 0.4) is 0 Å². The molecule has 13 heteroatoms. The lowest BCUT2D eigenvalue weighted by Crippen LogP contribution is -2.49. The van der Waals surface area contributed by atoms with Gasteiger partial charge in [0.05, 0.1) is 34.4 Å². The van der Waals surface area contributed by atoms with Crippen LogP contribution in [0.4, 0.5) is 15.9 Å². The average Bonchev–Trinajstić information content (AvgIpc) is 2.94. The molecule has 0 aliphatic carbocycles. The maximum absolute atomic E-state index is 13.2. The summed E-state index contributed by atoms with van der Waals surface area (Å²) in [6.45, 7) is 2.09. The minimum atomic E-state index is -4.02. The van der Waals surface area contributed by atoms with E-state index in [0.29, 0.717) is 48.6 Å². The monoisotopic (exact) mass is 570 g/mol. The second-order valence-electron chi connectivity index (χ2n) is 8.89. The van der Waals surface area contributed by atoms with Crippen molar-refractivity contribution in [3.63, 3.8) is 0 Å². The molecular weight excluding hydrogens is 547 g/mol. The lowest BCUT2D eigenvalue weighted by atomic mass is 10.1. The predicted octanol–water partition coefficient (Wildman–Crippen LogP) is 3.32. The summed E-state index contributed by atoms with van der Waals surface area (Å²) in [5.74, 6) is 0.0618. The first kappa shape index (κ1) is 26.7. The molecule has 0 radical (unpaired) electrons. The number of pyridine rings is 1. The fraction of sp³-hybridized carbons (Fsp3) is 0.231. The number of rotatable bonds is 7. The Hall–Kier alpha value is -3.87. The summed E-state index contributed by atoms with van der Waals surface area (Å²) in [6.07, 6.45) is 3.34. The molecule has 0 saturated carbocycles. The van der Waals surface area contributed by atoms with Crippen LogP contribution in [0.1, 0.15) is 6.42 Å². The van der Waals surface area contributed by atoms with Gasteiger partial charge in [0.1, 0.15) is 11.6 Å². The molecule has 1 aliphatic rings. The lowest BCUT2D eigenvalue weighted by Gasteiger charge is -2.35. The zero-order valence-electron chi connectivity index (χ0n) is 20.6. The molecule has 1 saturated heterocycles. The fourth-order valence-electron chi connectivity index (χ4n) is 4.27. The number of benzene rings is 2. The number of anilines is 2. The van der Waals surface area contributed by atoms with Crippen LogP contribution in [-0.4, -0.2) is 72.1 Å². The van der Waals surface area contributed by atoms with Gasteiger partial charge in [0.15, 0.2) is 5.15 Å². The Morgan fingerprint density at radius 1 is 0.974 bits per heavy atom. The van der Waals surface area contributed by atoms with Crippen molar-refractivity contribution < 1.29 is 22.7 Å². The second-order valence-corrected chi connectivity index (χ2v) is 10.9. The van der Waals surface area contributed by atoms with E-state index in [1.54, 1.807) is 17.2 Å². The highest BCUT2D eigenvalue weighted by Crippen LogP contribution is 2.30. The molecule has 10 nitrogen and oxygen atoms in total.